The molecule has 3 aromatic carbocycles. The zero-order chi connectivity index (χ0) is 20.4. The lowest BCUT2D eigenvalue weighted by Gasteiger charge is -2.11. The van der Waals surface area contributed by atoms with Crippen LogP contribution in [-0.4, -0.2) is 27.0 Å². The van der Waals surface area contributed by atoms with Gasteiger partial charge in [0, 0.05) is 5.56 Å². The normalized spacial score (nSPS) is 11.0. The Kier molecular flexibility index (Phi) is 5.18. The number of aromatic nitrogens is 3. The number of nitrogens with one attached hydrogen (secondary N) is 1. The Hall–Kier alpha value is -3.38. The number of anilines is 1. The van der Waals surface area contributed by atoms with Crippen molar-refractivity contribution in [3.05, 3.63) is 77.3 Å². The van der Waals surface area contributed by atoms with Crippen molar-refractivity contribution < 1.29 is 9.53 Å². The summed E-state index contributed by atoms with van der Waals surface area (Å²) >= 11 is 6.37. The fourth-order valence-corrected chi connectivity index (χ4v) is 3.09. The van der Waals surface area contributed by atoms with Gasteiger partial charge in [-0.25, -0.2) is 0 Å². The molecule has 0 aliphatic rings. The van der Waals surface area contributed by atoms with Gasteiger partial charge in [-0.05, 0) is 56.3 Å². The van der Waals surface area contributed by atoms with Gasteiger partial charge >= 0.3 is 0 Å². The van der Waals surface area contributed by atoms with Crippen LogP contribution in [0.5, 0.6) is 5.75 Å². The first-order chi connectivity index (χ1) is 14.0. The monoisotopic (exact) mass is 406 g/mol. The van der Waals surface area contributed by atoms with Crippen molar-refractivity contribution in [2.24, 2.45) is 0 Å². The fraction of sp³-hybridized carbons (Fsp3) is 0.136. The van der Waals surface area contributed by atoms with E-state index in [0.717, 1.165) is 5.69 Å². The molecule has 4 aromatic rings. The maximum atomic E-state index is 12.7. The molecule has 29 heavy (non-hydrogen) atoms. The van der Waals surface area contributed by atoms with Crippen LogP contribution in [0.25, 0.3) is 16.7 Å². The van der Waals surface area contributed by atoms with Gasteiger partial charge in [0.1, 0.15) is 16.8 Å². The molecule has 0 saturated heterocycles. The number of hydrogen-bond acceptors (Lipinski definition) is 4. The predicted octanol–water partition coefficient (Wildman–Crippen LogP) is 5.11. The fourth-order valence-electron chi connectivity index (χ4n) is 2.89. The van der Waals surface area contributed by atoms with Crippen molar-refractivity contribution >= 4 is 34.2 Å². The first-order valence-electron chi connectivity index (χ1n) is 9.20. The minimum atomic E-state index is -0.282. The summed E-state index contributed by atoms with van der Waals surface area (Å²) in [6, 6.07) is 20.0. The summed E-state index contributed by atoms with van der Waals surface area (Å²) in [5, 5.41) is 12.2. The number of hydrogen-bond donors (Lipinski definition) is 1. The first kappa shape index (κ1) is 19.0. The van der Waals surface area contributed by atoms with Crippen molar-refractivity contribution in [2.75, 3.05) is 5.32 Å². The largest absolute Gasteiger partial charge is 0.491 e. The second kappa shape index (κ2) is 7.93. The van der Waals surface area contributed by atoms with Crippen LogP contribution in [0.1, 0.15) is 24.2 Å². The number of nitrogens with zero attached hydrogens (tertiary/aromatic N) is 3. The summed E-state index contributed by atoms with van der Waals surface area (Å²) in [5.74, 6) is 0.357. The molecule has 0 aliphatic heterocycles. The smallest absolute Gasteiger partial charge is 0.255 e. The number of ether oxygens (including phenoxy) is 1. The molecule has 1 N–H and O–H groups in total. The summed E-state index contributed by atoms with van der Waals surface area (Å²) in [7, 11) is 0. The summed E-state index contributed by atoms with van der Waals surface area (Å²) in [6.07, 6.45) is 0.0254. The lowest BCUT2D eigenvalue weighted by atomic mass is 10.2. The van der Waals surface area contributed by atoms with E-state index in [0.29, 0.717) is 33.1 Å². The number of benzene rings is 3. The zero-order valence-electron chi connectivity index (χ0n) is 16.0. The summed E-state index contributed by atoms with van der Waals surface area (Å²) in [4.78, 5) is 14.2. The molecule has 0 aliphatic carbocycles. The van der Waals surface area contributed by atoms with E-state index in [4.69, 9.17) is 16.3 Å². The zero-order valence-corrected chi connectivity index (χ0v) is 16.7. The molecule has 7 heteroatoms. The topological polar surface area (TPSA) is 69.0 Å². The SMILES string of the molecule is CC(C)Oc1cccc(C(=O)Nc2cc3nn(-c4ccccc4)nc3cc2Cl)c1. The third-order valence-electron chi connectivity index (χ3n) is 4.17. The number of fused-ring (bicyclic) bond motifs is 1. The molecule has 0 radical (unpaired) electrons. The molecule has 0 atom stereocenters. The average molecular weight is 407 g/mol. The van der Waals surface area contributed by atoms with E-state index in [-0.39, 0.29) is 12.0 Å². The van der Waals surface area contributed by atoms with Crippen LogP contribution in [0.4, 0.5) is 5.69 Å². The Morgan fingerprint density at radius 2 is 1.72 bits per heavy atom. The number of rotatable bonds is 5. The van der Waals surface area contributed by atoms with Crippen molar-refractivity contribution in [2.45, 2.75) is 20.0 Å². The summed E-state index contributed by atoms with van der Waals surface area (Å²) in [6.45, 7) is 3.87. The minimum Gasteiger partial charge on any atom is -0.491 e. The Morgan fingerprint density at radius 1 is 1.00 bits per heavy atom. The van der Waals surface area contributed by atoms with E-state index in [1.165, 1.54) is 0 Å². The van der Waals surface area contributed by atoms with Gasteiger partial charge in [0.25, 0.3) is 5.91 Å². The molecule has 146 valence electrons. The minimum absolute atomic E-state index is 0.0254. The van der Waals surface area contributed by atoms with Crippen molar-refractivity contribution in [1.82, 2.24) is 15.0 Å². The van der Waals surface area contributed by atoms with Gasteiger partial charge in [0.05, 0.1) is 22.5 Å². The van der Waals surface area contributed by atoms with Crippen molar-refractivity contribution in [3.63, 3.8) is 0 Å². The molecule has 1 aromatic heterocycles. The molecule has 0 spiro atoms. The van der Waals surface area contributed by atoms with Gasteiger partial charge in [-0.1, -0.05) is 35.9 Å². The number of para-hydroxylation sites is 1. The summed E-state index contributed by atoms with van der Waals surface area (Å²) in [5.41, 5.74) is 3.06. The van der Waals surface area contributed by atoms with E-state index in [1.807, 2.05) is 50.2 Å². The van der Waals surface area contributed by atoms with Crippen LogP contribution in [-0.2, 0) is 0 Å². The Balaban J connectivity index is 1.61. The average Bonchev–Trinajstić information content (AvgIpc) is 3.11. The van der Waals surface area contributed by atoms with Crippen LogP contribution in [0.3, 0.4) is 0 Å². The van der Waals surface area contributed by atoms with E-state index in [2.05, 4.69) is 15.5 Å². The molecule has 0 unspecified atom stereocenters. The molecule has 6 nitrogen and oxygen atoms in total. The predicted molar refractivity (Wildman–Crippen MR) is 114 cm³/mol. The first-order valence-corrected chi connectivity index (χ1v) is 9.57. The number of carbonyl (C=O) groups excluding carboxylic acids is 1. The molecular weight excluding hydrogens is 388 g/mol. The number of carbonyl (C=O) groups is 1. The molecule has 0 saturated carbocycles. The highest BCUT2D eigenvalue weighted by molar-refractivity contribution is 6.34. The van der Waals surface area contributed by atoms with Gasteiger partial charge in [-0.2, -0.15) is 4.80 Å². The highest BCUT2D eigenvalue weighted by Crippen LogP contribution is 2.28. The van der Waals surface area contributed by atoms with Gasteiger partial charge in [0.2, 0.25) is 0 Å². The second-order valence-electron chi connectivity index (χ2n) is 6.79. The van der Waals surface area contributed by atoms with Crippen LogP contribution >= 0.6 is 11.6 Å². The number of halogens is 1. The molecule has 1 heterocycles. The molecular formula is C22H19ClN4O2. The maximum absolute atomic E-state index is 12.7. The highest BCUT2D eigenvalue weighted by atomic mass is 35.5. The van der Waals surface area contributed by atoms with Gasteiger partial charge in [-0.15, -0.1) is 10.2 Å². The third-order valence-corrected chi connectivity index (χ3v) is 4.49. The van der Waals surface area contributed by atoms with Crippen molar-refractivity contribution in [1.29, 1.82) is 0 Å². The number of amides is 1. The Bertz CT molecular complexity index is 1170. The maximum Gasteiger partial charge on any atom is 0.255 e. The Labute approximate surface area is 173 Å². The Morgan fingerprint density at radius 3 is 2.45 bits per heavy atom. The van der Waals surface area contributed by atoms with E-state index >= 15 is 0 Å². The van der Waals surface area contributed by atoms with Crippen LogP contribution in [0, 0.1) is 0 Å². The van der Waals surface area contributed by atoms with Crippen LogP contribution in [0.15, 0.2) is 66.7 Å². The lowest BCUT2D eigenvalue weighted by molar-refractivity contribution is 0.102. The van der Waals surface area contributed by atoms with Crippen molar-refractivity contribution in [3.8, 4) is 11.4 Å². The van der Waals surface area contributed by atoms with Crippen LogP contribution in [0.2, 0.25) is 5.02 Å². The van der Waals surface area contributed by atoms with E-state index < -0.39 is 0 Å². The van der Waals surface area contributed by atoms with Gasteiger partial charge in [0.15, 0.2) is 0 Å². The second-order valence-corrected chi connectivity index (χ2v) is 7.20. The quantitative estimate of drug-likeness (QED) is 0.499. The van der Waals surface area contributed by atoms with Gasteiger partial charge in [-0.3, -0.25) is 4.79 Å². The molecule has 1 amide bonds. The van der Waals surface area contributed by atoms with E-state index in [1.54, 1.807) is 35.1 Å². The molecule has 0 bridgehead atoms. The van der Waals surface area contributed by atoms with Crippen LogP contribution < -0.4 is 10.1 Å². The molecule has 4 rings (SSSR count). The lowest BCUT2D eigenvalue weighted by Crippen LogP contribution is -2.13. The summed E-state index contributed by atoms with van der Waals surface area (Å²) < 4.78 is 5.65. The standard InChI is InChI=1S/C22H19ClN4O2/c1-14(2)29-17-10-6-7-15(11-17)22(28)24-19-13-21-20(12-18(19)23)25-27(26-21)16-8-4-3-5-9-16/h3-14H,1-2H3,(H,24,28). The highest BCUT2D eigenvalue weighted by Gasteiger charge is 2.13. The van der Waals surface area contributed by atoms with Gasteiger partial charge < -0.3 is 10.1 Å². The van der Waals surface area contributed by atoms with E-state index in [9.17, 15) is 4.79 Å². The molecule has 0 fully saturated rings. The third kappa shape index (κ3) is 4.22.